The summed E-state index contributed by atoms with van der Waals surface area (Å²) < 4.78 is 16.1. The highest BCUT2D eigenvalue weighted by molar-refractivity contribution is 6.27. The lowest BCUT2D eigenvalue weighted by Crippen LogP contribution is -2.04. The highest BCUT2D eigenvalue weighted by Crippen LogP contribution is 2.48. The lowest BCUT2D eigenvalue weighted by molar-refractivity contribution is 0.635. The number of furan rings is 2. The molecule has 6 nitrogen and oxygen atoms in total. The summed E-state index contributed by atoms with van der Waals surface area (Å²) >= 11 is 0. The number of fused-ring (bicyclic) bond motifs is 11. The van der Waals surface area contributed by atoms with Crippen molar-refractivity contribution in [3.05, 3.63) is 261 Å². The van der Waals surface area contributed by atoms with Crippen molar-refractivity contribution in [2.75, 3.05) is 0 Å². The van der Waals surface area contributed by atoms with Crippen molar-refractivity contribution in [2.24, 2.45) is 0 Å². The largest absolute Gasteiger partial charge is 0.452 e. The summed E-state index contributed by atoms with van der Waals surface area (Å²) in [6.07, 6.45) is 5.65. The fourth-order valence-electron chi connectivity index (χ4n) is 10.9. The summed E-state index contributed by atoms with van der Waals surface area (Å²) in [4.78, 5) is 15.7. The molecule has 0 aliphatic rings. The molecule has 75 heavy (non-hydrogen) atoms. The summed E-state index contributed by atoms with van der Waals surface area (Å²) in [5.74, 6) is 1.73. The van der Waals surface area contributed by atoms with Crippen molar-refractivity contribution in [3.8, 4) is 73.2 Å². The van der Waals surface area contributed by atoms with Gasteiger partial charge in [-0.05, 0) is 81.9 Å². The monoisotopic (exact) mass is 960 g/mol. The van der Waals surface area contributed by atoms with E-state index in [4.69, 9.17) is 23.8 Å². The molecule has 0 amide bonds. The zero-order valence-electron chi connectivity index (χ0n) is 40.6. The fourth-order valence-corrected chi connectivity index (χ4v) is 10.9. The molecule has 0 saturated heterocycles. The molecular weight excluding hydrogens is 917 g/mol. The third-order valence-electron chi connectivity index (χ3n) is 14.4. The number of rotatable bonds is 10. The molecule has 0 saturated carbocycles. The minimum Gasteiger partial charge on any atom is -0.452 e. The van der Waals surface area contributed by atoms with E-state index in [0.717, 1.165) is 133 Å². The minimum atomic E-state index is 0.556. The molecule has 0 N–H and O–H groups in total. The number of hydrogen-bond donors (Lipinski definition) is 0. The second-order valence-electron chi connectivity index (χ2n) is 18.7. The van der Waals surface area contributed by atoms with Crippen LogP contribution in [-0.2, 0) is 0 Å². The normalized spacial score (nSPS) is 11.9. The van der Waals surface area contributed by atoms with Gasteiger partial charge in [-0.2, -0.15) is 0 Å². The topological polar surface area (TPSA) is 69.9 Å². The van der Waals surface area contributed by atoms with Gasteiger partial charge >= 0.3 is 0 Å². The van der Waals surface area contributed by atoms with E-state index in [9.17, 15) is 0 Å². The first-order chi connectivity index (χ1) is 37.1. The lowest BCUT2D eigenvalue weighted by atomic mass is 9.91. The van der Waals surface area contributed by atoms with E-state index < -0.39 is 0 Å². The van der Waals surface area contributed by atoms with E-state index in [1.807, 2.05) is 91.0 Å². The third-order valence-corrected chi connectivity index (χ3v) is 14.4. The van der Waals surface area contributed by atoms with E-state index in [0.29, 0.717) is 17.5 Å². The lowest BCUT2D eigenvalue weighted by Gasteiger charge is -2.21. The number of nitrogens with zero attached hydrogens (tertiary/aromatic N) is 4. The molecule has 352 valence electrons. The van der Waals surface area contributed by atoms with Crippen molar-refractivity contribution in [1.29, 1.82) is 0 Å². The highest BCUT2D eigenvalue weighted by Gasteiger charge is 2.26. The Hall–Kier alpha value is -10.2. The van der Waals surface area contributed by atoms with Crippen molar-refractivity contribution < 1.29 is 8.83 Å². The first-order valence-corrected chi connectivity index (χ1v) is 25.1. The van der Waals surface area contributed by atoms with E-state index in [-0.39, 0.29) is 0 Å². The summed E-state index contributed by atoms with van der Waals surface area (Å²) in [5, 5.41) is 6.20. The van der Waals surface area contributed by atoms with Gasteiger partial charge < -0.3 is 13.4 Å². The zero-order chi connectivity index (χ0) is 50.0. The first kappa shape index (κ1) is 43.6. The average Bonchev–Trinajstić information content (AvgIpc) is 4.23. The Labute approximate surface area is 432 Å². The molecule has 0 bridgehead atoms. The molecule has 6 heteroatoms. The highest BCUT2D eigenvalue weighted by atomic mass is 16.4. The van der Waals surface area contributed by atoms with Crippen LogP contribution in [-0.4, -0.2) is 19.5 Å². The second-order valence-corrected chi connectivity index (χ2v) is 18.7. The standard InChI is InChI=1S/C69H44N4O2/c1-3-18-43(4-2)45-29-33-47(34-30-45)57-41-51(69-71-67(49-21-10-6-11-22-49)70-68(72-69)50-23-12-7-13-24-50)42-58(48-35-31-46(32-36-48)44-19-8-5-9-20-44)63(57)73-59-27-16-14-26-56(59)62-60(73)40-39-54-55-38-37-53-52-25-15-17-28-61(52)74-65(53)66(55)75-64(54)62/h3-42H,1-2H2/b43-18+. The molecule has 4 aromatic heterocycles. The maximum absolute atomic E-state index is 7.14. The predicted octanol–water partition coefficient (Wildman–Crippen LogP) is 18.5. The van der Waals surface area contributed by atoms with Crippen LogP contribution in [0.4, 0.5) is 0 Å². The maximum atomic E-state index is 7.14. The third kappa shape index (κ3) is 7.30. The van der Waals surface area contributed by atoms with Gasteiger partial charge in [-0.1, -0.05) is 207 Å². The van der Waals surface area contributed by atoms with Crippen LogP contribution in [0.1, 0.15) is 5.56 Å². The van der Waals surface area contributed by atoms with E-state index in [2.05, 4.69) is 163 Å². The quantitative estimate of drug-likeness (QED) is 0.128. The predicted molar refractivity (Wildman–Crippen MR) is 310 cm³/mol. The molecule has 0 atom stereocenters. The SMILES string of the molecule is C=C/C=C(\C=C)c1ccc(-c2cc(-c3nc(-c4ccccc4)nc(-c4ccccc4)n3)cc(-c3ccc(-c4ccccc4)cc3)c2-n2c3ccccc3c3c4oc5c(ccc6c7ccccc7oc65)c4ccc32)cc1. The number of benzene rings is 10. The van der Waals surface area contributed by atoms with E-state index >= 15 is 0 Å². The van der Waals surface area contributed by atoms with Crippen molar-refractivity contribution in [2.45, 2.75) is 0 Å². The maximum Gasteiger partial charge on any atom is 0.178 e. The van der Waals surface area contributed by atoms with Gasteiger partial charge in [0.1, 0.15) is 11.2 Å². The van der Waals surface area contributed by atoms with Crippen LogP contribution in [0.15, 0.2) is 265 Å². The van der Waals surface area contributed by atoms with Gasteiger partial charge in [0, 0.05) is 54.7 Å². The first-order valence-electron chi connectivity index (χ1n) is 25.1. The average molecular weight is 961 g/mol. The van der Waals surface area contributed by atoms with Crippen molar-refractivity contribution >= 4 is 71.3 Å². The number of hydrogen-bond acceptors (Lipinski definition) is 5. The van der Waals surface area contributed by atoms with Gasteiger partial charge in [0.2, 0.25) is 0 Å². The summed E-state index contributed by atoms with van der Waals surface area (Å²) in [6.45, 7) is 8.10. The minimum absolute atomic E-state index is 0.556. The molecule has 0 fully saturated rings. The van der Waals surface area contributed by atoms with Gasteiger partial charge in [0.25, 0.3) is 0 Å². The molecule has 0 unspecified atom stereocenters. The van der Waals surface area contributed by atoms with Gasteiger partial charge in [0.05, 0.1) is 22.1 Å². The molecule has 0 radical (unpaired) electrons. The Morgan fingerprint density at radius 1 is 0.387 bits per heavy atom. The van der Waals surface area contributed by atoms with Crippen LogP contribution in [0.2, 0.25) is 0 Å². The molecule has 10 aromatic carbocycles. The Kier molecular flexibility index (Phi) is 10.4. The molecule has 0 aliphatic carbocycles. The summed E-state index contributed by atoms with van der Waals surface area (Å²) in [5.41, 5.74) is 17.1. The van der Waals surface area contributed by atoms with Gasteiger partial charge in [-0.15, -0.1) is 0 Å². The van der Waals surface area contributed by atoms with E-state index in [1.54, 1.807) is 6.08 Å². The molecule has 4 heterocycles. The van der Waals surface area contributed by atoms with Crippen LogP contribution in [0.3, 0.4) is 0 Å². The summed E-state index contributed by atoms with van der Waals surface area (Å²) in [7, 11) is 0. The number of para-hydroxylation sites is 2. The molecular formula is C69H44N4O2. The van der Waals surface area contributed by atoms with Crippen LogP contribution >= 0.6 is 0 Å². The zero-order valence-corrected chi connectivity index (χ0v) is 40.6. The molecule has 0 spiro atoms. The fraction of sp³-hybridized carbons (Fsp3) is 0. The smallest absolute Gasteiger partial charge is 0.178 e. The Morgan fingerprint density at radius 2 is 0.867 bits per heavy atom. The van der Waals surface area contributed by atoms with Crippen LogP contribution < -0.4 is 0 Å². The van der Waals surface area contributed by atoms with Crippen LogP contribution in [0.5, 0.6) is 0 Å². The molecule has 14 aromatic rings. The second kappa shape index (κ2) is 17.8. The van der Waals surface area contributed by atoms with E-state index in [1.165, 1.54) is 0 Å². The van der Waals surface area contributed by atoms with Crippen molar-refractivity contribution in [1.82, 2.24) is 19.5 Å². The van der Waals surface area contributed by atoms with Gasteiger partial charge in [0.15, 0.2) is 28.6 Å². The Bertz CT molecular complexity index is 4530. The van der Waals surface area contributed by atoms with Gasteiger partial charge in [-0.3, -0.25) is 0 Å². The van der Waals surface area contributed by atoms with Crippen LogP contribution in [0.25, 0.3) is 144 Å². The molecule has 0 aliphatic heterocycles. The van der Waals surface area contributed by atoms with Gasteiger partial charge in [-0.25, -0.2) is 15.0 Å². The Balaban J connectivity index is 1.09. The summed E-state index contributed by atoms with van der Waals surface area (Å²) in [6, 6.07) is 78.5. The number of aromatic nitrogens is 4. The van der Waals surface area contributed by atoms with Crippen molar-refractivity contribution in [3.63, 3.8) is 0 Å². The number of allylic oxidation sites excluding steroid dienone is 4. The van der Waals surface area contributed by atoms with Crippen LogP contribution in [0, 0.1) is 0 Å². The Morgan fingerprint density at radius 3 is 1.49 bits per heavy atom. The molecule has 14 rings (SSSR count).